The summed E-state index contributed by atoms with van der Waals surface area (Å²) in [5.74, 6) is -0.492. The van der Waals surface area contributed by atoms with Gasteiger partial charge in [-0.1, -0.05) is 6.07 Å². The first-order valence-corrected chi connectivity index (χ1v) is 6.09. The van der Waals surface area contributed by atoms with Crippen LogP contribution in [0.25, 0.3) is 0 Å². The molecule has 0 saturated carbocycles. The molecule has 1 heterocycles. The fraction of sp³-hybridized carbons (Fsp3) is 0.267. The van der Waals surface area contributed by atoms with Crippen LogP contribution < -0.4 is 5.32 Å². The Bertz CT molecular complexity index is 650. The SMILES string of the molecule is Cc1cc(CNc2cccc(F)c2C#N)c(C)n1C. The molecule has 0 saturated heterocycles. The molecule has 19 heavy (non-hydrogen) atoms. The topological polar surface area (TPSA) is 40.8 Å². The van der Waals surface area contributed by atoms with Crippen molar-refractivity contribution in [2.45, 2.75) is 20.4 Å². The van der Waals surface area contributed by atoms with Crippen molar-refractivity contribution in [2.75, 3.05) is 5.32 Å². The Labute approximate surface area is 112 Å². The second-order valence-corrected chi connectivity index (χ2v) is 4.58. The average molecular weight is 257 g/mol. The minimum atomic E-state index is -0.492. The maximum atomic E-state index is 13.5. The Hall–Kier alpha value is -2.28. The van der Waals surface area contributed by atoms with E-state index in [0.29, 0.717) is 12.2 Å². The normalized spacial score (nSPS) is 10.3. The first-order valence-electron chi connectivity index (χ1n) is 6.09. The third-order valence-electron chi connectivity index (χ3n) is 3.47. The number of halogens is 1. The van der Waals surface area contributed by atoms with E-state index in [1.165, 1.54) is 17.5 Å². The molecule has 0 unspecified atom stereocenters. The van der Waals surface area contributed by atoms with Crippen LogP contribution in [0.2, 0.25) is 0 Å². The number of nitriles is 1. The number of anilines is 1. The molecule has 0 aliphatic rings. The van der Waals surface area contributed by atoms with Crippen LogP contribution in [0.1, 0.15) is 22.5 Å². The quantitative estimate of drug-likeness (QED) is 0.916. The van der Waals surface area contributed by atoms with Gasteiger partial charge in [-0.05, 0) is 37.6 Å². The van der Waals surface area contributed by atoms with Crippen molar-refractivity contribution in [1.29, 1.82) is 5.26 Å². The van der Waals surface area contributed by atoms with Crippen LogP contribution in [-0.4, -0.2) is 4.57 Å². The smallest absolute Gasteiger partial charge is 0.143 e. The molecule has 98 valence electrons. The molecule has 1 aromatic carbocycles. The van der Waals surface area contributed by atoms with Crippen LogP contribution in [0, 0.1) is 31.0 Å². The zero-order chi connectivity index (χ0) is 14.0. The number of nitrogens with one attached hydrogen (secondary N) is 1. The van der Waals surface area contributed by atoms with Gasteiger partial charge in [0.1, 0.15) is 17.4 Å². The van der Waals surface area contributed by atoms with Gasteiger partial charge in [-0.2, -0.15) is 5.26 Å². The zero-order valence-electron chi connectivity index (χ0n) is 11.3. The highest BCUT2D eigenvalue weighted by atomic mass is 19.1. The molecule has 2 aromatic rings. The number of benzene rings is 1. The van der Waals surface area contributed by atoms with Crippen molar-refractivity contribution in [2.24, 2.45) is 7.05 Å². The predicted octanol–water partition coefficient (Wildman–Crippen LogP) is 3.26. The van der Waals surface area contributed by atoms with Crippen LogP contribution in [-0.2, 0) is 13.6 Å². The van der Waals surface area contributed by atoms with Gasteiger partial charge in [0.05, 0.1) is 5.69 Å². The number of aromatic nitrogens is 1. The zero-order valence-corrected chi connectivity index (χ0v) is 11.3. The summed E-state index contributed by atoms with van der Waals surface area (Å²) in [6, 6.07) is 8.59. The monoisotopic (exact) mass is 257 g/mol. The highest BCUT2D eigenvalue weighted by Crippen LogP contribution is 2.20. The molecule has 3 nitrogen and oxygen atoms in total. The maximum Gasteiger partial charge on any atom is 0.143 e. The standard InChI is InChI=1S/C15H16FN3/c1-10-7-12(11(2)19(10)3)9-18-15-6-4-5-14(16)13(15)8-17/h4-7,18H,9H2,1-3H3. The third kappa shape index (κ3) is 2.45. The third-order valence-corrected chi connectivity index (χ3v) is 3.47. The number of hydrogen-bond acceptors (Lipinski definition) is 2. The highest BCUT2D eigenvalue weighted by Gasteiger charge is 2.09. The number of rotatable bonds is 3. The predicted molar refractivity (Wildman–Crippen MR) is 73.3 cm³/mol. The summed E-state index contributed by atoms with van der Waals surface area (Å²) in [5.41, 5.74) is 4.08. The van der Waals surface area contributed by atoms with Gasteiger partial charge in [-0.3, -0.25) is 0 Å². The lowest BCUT2D eigenvalue weighted by Gasteiger charge is -2.09. The molecule has 0 fully saturated rings. The van der Waals surface area contributed by atoms with Crippen LogP contribution >= 0.6 is 0 Å². The summed E-state index contributed by atoms with van der Waals surface area (Å²) in [7, 11) is 2.01. The fourth-order valence-corrected chi connectivity index (χ4v) is 2.09. The van der Waals surface area contributed by atoms with Gasteiger partial charge in [-0.25, -0.2) is 4.39 Å². The van der Waals surface area contributed by atoms with Crippen molar-refractivity contribution < 1.29 is 4.39 Å². The number of aryl methyl sites for hydroxylation is 1. The lowest BCUT2D eigenvalue weighted by atomic mass is 10.1. The van der Waals surface area contributed by atoms with Gasteiger partial charge in [0, 0.05) is 25.0 Å². The lowest BCUT2D eigenvalue weighted by Crippen LogP contribution is -2.03. The molecule has 0 aliphatic heterocycles. The Morgan fingerprint density at radius 2 is 2.11 bits per heavy atom. The largest absolute Gasteiger partial charge is 0.380 e. The van der Waals surface area contributed by atoms with Gasteiger partial charge in [0.15, 0.2) is 0 Å². The summed E-state index contributed by atoms with van der Waals surface area (Å²) < 4.78 is 15.6. The van der Waals surface area contributed by atoms with Crippen molar-refractivity contribution in [3.63, 3.8) is 0 Å². The van der Waals surface area contributed by atoms with Crippen LogP contribution in [0.15, 0.2) is 24.3 Å². The van der Waals surface area contributed by atoms with Crippen LogP contribution in [0.5, 0.6) is 0 Å². The molecule has 4 heteroatoms. The molecule has 0 spiro atoms. The van der Waals surface area contributed by atoms with E-state index in [1.54, 1.807) is 12.1 Å². The van der Waals surface area contributed by atoms with E-state index in [1.807, 2.05) is 27.0 Å². The Balaban J connectivity index is 2.22. The first kappa shape index (κ1) is 13.2. The summed E-state index contributed by atoms with van der Waals surface area (Å²) in [5, 5.41) is 12.1. The Morgan fingerprint density at radius 3 is 2.68 bits per heavy atom. The number of hydrogen-bond donors (Lipinski definition) is 1. The van der Waals surface area contributed by atoms with Gasteiger partial charge < -0.3 is 9.88 Å². The van der Waals surface area contributed by atoms with E-state index >= 15 is 0 Å². The lowest BCUT2D eigenvalue weighted by molar-refractivity contribution is 0.624. The first-order chi connectivity index (χ1) is 9.04. The Morgan fingerprint density at radius 1 is 1.37 bits per heavy atom. The van der Waals surface area contributed by atoms with Crippen molar-refractivity contribution >= 4 is 5.69 Å². The van der Waals surface area contributed by atoms with Crippen molar-refractivity contribution in [3.8, 4) is 6.07 Å². The van der Waals surface area contributed by atoms with E-state index < -0.39 is 5.82 Å². The van der Waals surface area contributed by atoms with E-state index in [0.717, 1.165) is 5.56 Å². The summed E-state index contributed by atoms with van der Waals surface area (Å²) in [6.07, 6.45) is 0. The molecule has 0 bridgehead atoms. The van der Waals surface area contributed by atoms with Crippen molar-refractivity contribution in [1.82, 2.24) is 4.57 Å². The fourth-order valence-electron chi connectivity index (χ4n) is 2.09. The molecule has 0 aliphatic carbocycles. The summed E-state index contributed by atoms with van der Waals surface area (Å²) in [6.45, 7) is 4.66. The summed E-state index contributed by atoms with van der Waals surface area (Å²) in [4.78, 5) is 0. The molecule has 0 radical (unpaired) electrons. The highest BCUT2D eigenvalue weighted by molar-refractivity contribution is 5.58. The molecular formula is C15H16FN3. The second-order valence-electron chi connectivity index (χ2n) is 4.58. The maximum absolute atomic E-state index is 13.5. The van der Waals surface area contributed by atoms with Crippen LogP contribution in [0.4, 0.5) is 10.1 Å². The van der Waals surface area contributed by atoms with Gasteiger partial charge in [0.25, 0.3) is 0 Å². The van der Waals surface area contributed by atoms with Gasteiger partial charge in [0.2, 0.25) is 0 Å². The molecule has 0 atom stereocenters. The van der Waals surface area contributed by atoms with E-state index in [-0.39, 0.29) is 5.56 Å². The molecule has 1 N–H and O–H groups in total. The van der Waals surface area contributed by atoms with Gasteiger partial charge in [-0.15, -0.1) is 0 Å². The number of nitrogens with zero attached hydrogens (tertiary/aromatic N) is 2. The summed E-state index contributed by atoms with van der Waals surface area (Å²) >= 11 is 0. The van der Waals surface area contributed by atoms with Gasteiger partial charge >= 0.3 is 0 Å². The van der Waals surface area contributed by atoms with E-state index in [4.69, 9.17) is 5.26 Å². The molecule has 2 rings (SSSR count). The Kier molecular flexibility index (Phi) is 3.57. The van der Waals surface area contributed by atoms with E-state index in [2.05, 4.69) is 16.0 Å². The molecular weight excluding hydrogens is 241 g/mol. The molecule has 1 aromatic heterocycles. The molecule has 0 amide bonds. The second kappa shape index (κ2) is 5.15. The minimum Gasteiger partial charge on any atom is -0.380 e. The minimum absolute atomic E-state index is 0.0628. The van der Waals surface area contributed by atoms with Crippen LogP contribution in [0.3, 0.4) is 0 Å². The average Bonchev–Trinajstić information content (AvgIpc) is 2.64. The van der Waals surface area contributed by atoms with Crippen molar-refractivity contribution in [3.05, 3.63) is 52.6 Å². The van der Waals surface area contributed by atoms with E-state index in [9.17, 15) is 4.39 Å².